The molecule has 0 amide bonds. The summed E-state index contributed by atoms with van der Waals surface area (Å²) in [5.74, 6) is -1.41. The second-order valence-electron chi connectivity index (χ2n) is 6.13. The minimum Gasteiger partial charge on any atom is -0.790 e. The van der Waals surface area contributed by atoms with Crippen LogP contribution in [0, 0.1) is 13.8 Å². The van der Waals surface area contributed by atoms with Crippen LogP contribution < -0.4 is 80.0 Å². The smallest absolute Gasteiger partial charge is 0.790 e. The summed E-state index contributed by atoms with van der Waals surface area (Å²) < 4.78 is 16.5. The number of rotatable bonds is 3. The quantitative estimate of drug-likeness (QED) is 0.289. The van der Waals surface area contributed by atoms with Crippen molar-refractivity contribution in [2.24, 2.45) is 7.05 Å². The van der Waals surface area contributed by atoms with Crippen LogP contribution in [0.4, 0.5) is 0 Å². The first-order valence-corrected chi connectivity index (χ1v) is 9.11. The van der Waals surface area contributed by atoms with Crippen LogP contribution >= 0.6 is 7.82 Å². The molecule has 0 atom stereocenters. The third-order valence-corrected chi connectivity index (χ3v) is 4.81. The zero-order valence-corrected chi connectivity index (χ0v) is 21.4. The molecule has 3 rings (SSSR count). The van der Waals surface area contributed by atoms with Crippen molar-refractivity contribution in [2.75, 3.05) is 0 Å². The maximum atomic E-state index is 13.1. The number of ketones is 2. The molecule has 10 nitrogen and oxygen atoms in total. The maximum absolute atomic E-state index is 13.1. The summed E-state index contributed by atoms with van der Waals surface area (Å²) in [6.45, 7) is 1.90. The average Bonchev–Trinajstić information content (AvgIpc) is 2.53. The van der Waals surface area contributed by atoms with Crippen LogP contribution in [0.5, 0.6) is 0 Å². The fourth-order valence-corrected chi connectivity index (χ4v) is 3.41. The van der Waals surface area contributed by atoms with Crippen LogP contribution in [0.1, 0.15) is 43.2 Å². The van der Waals surface area contributed by atoms with Gasteiger partial charge < -0.3 is 23.4 Å². The zero-order valence-electron chi connectivity index (χ0n) is 16.5. The van der Waals surface area contributed by atoms with Gasteiger partial charge in [-0.2, -0.15) is 0 Å². The Bertz CT molecular complexity index is 1190. The molecule has 2 aromatic heterocycles. The molecule has 0 spiro atoms. The summed E-state index contributed by atoms with van der Waals surface area (Å²) in [6, 6.07) is 2.25. The fourth-order valence-electron chi connectivity index (χ4n) is 3.16. The van der Waals surface area contributed by atoms with E-state index in [0.717, 1.165) is 10.6 Å². The summed E-state index contributed by atoms with van der Waals surface area (Å²) in [5, 5.41) is 0. The molecule has 0 N–H and O–H groups in total. The number of pyridine rings is 2. The van der Waals surface area contributed by atoms with Crippen molar-refractivity contribution < 1.29 is 87.6 Å². The summed E-state index contributed by atoms with van der Waals surface area (Å²) in [4.78, 5) is 72.0. The van der Waals surface area contributed by atoms with Gasteiger partial charge in [-0.15, -0.1) is 0 Å². The number of fused-ring (bicyclic) bond motifs is 2. The Morgan fingerprint density at radius 3 is 1.90 bits per heavy atom. The Labute approximate surface area is 208 Å². The molecule has 0 unspecified atom stereocenters. The number of hydrogen-bond donors (Lipinski definition) is 0. The topological polar surface area (TPSA) is 151 Å². The standard InChI is InChI=1S/C16H15N2O8P.2Na/c1-7-4-9(19)17(3)13-11(7)15(21)12-8(2)5-10(20)18(14(12)16(13)22)6-26-27(23,24)25;;/h4-5H,6H2,1-3H3,(H2,23,24,25);;/q;2*+1/p-2. The van der Waals surface area contributed by atoms with Crippen molar-refractivity contribution in [3.63, 3.8) is 0 Å². The summed E-state index contributed by atoms with van der Waals surface area (Å²) in [7, 11) is -4.14. The molecular weight excluding hydrogens is 425 g/mol. The first kappa shape index (κ1) is 26.4. The molecule has 0 bridgehead atoms. The van der Waals surface area contributed by atoms with Crippen molar-refractivity contribution in [3.8, 4) is 0 Å². The number of aryl methyl sites for hydroxylation is 2. The average molecular weight is 438 g/mol. The van der Waals surface area contributed by atoms with Gasteiger partial charge in [0.2, 0.25) is 5.78 Å². The first-order chi connectivity index (χ1) is 12.4. The molecule has 142 valence electrons. The van der Waals surface area contributed by atoms with Gasteiger partial charge in [-0.25, -0.2) is 0 Å². The zero-order chi connectivity index (χ0) is 20.3. The van der Waals surface area contributed by atoms with E-state index in [-0.39, 0.29) is 81.5 Å². The minimum atomic E-state index is -5.44. The van der Waals surface area contributed by atoms with E-state index < -0.39 is 42.9 Å². The Kier molecular flexibility index (Phi) is 8.40. The van der Waals surface area contributed by atoms with E-state index in [1.807, 2.05) is 0 Å². The minimum absolute atomic E-state index is 0. The molecule has 29 heavy (non-hydrogen) atoms. The van der Waals surface area contributed by atoms with Crippen molar-refractivity contribution in [1.82, 2.24) is 9.13 Å². The van der Waals surface area contributed by atoms with E-state index >= 15 is 0 Å². The number of carbonyl (C=O) groups is 2. The predicted molar refractivity (Wildman–Crippen MR) is 87.4 cm³/mol. The number of nitrogens with zero attached hydrogens (tertiary/aromatic N) is 2. The number of phosphoric acid groups is 1. The van der Waals surface area contributed by atoms with Crippen LogP contribution in [0.2, 0.25) is 0 Å². The molecule has 2 aromatic rings. The fraction of sp³-hybridized carbons (Fsp3) is 0.250. The van der Waals surface area contributed by atoms with Gasteiger partial charge in [0.25, 0.3) is 11.1 Å². The molecule has 2 heterocycles. The van der Waals surface area contributed by atoms with Crippen molar-refractivity contribution in [2.45, 2.75) is 20.6 Å². The molecule has 0 saturated heterocycles. The Hall–Kier alpha value is -0.650. The van der Waals surface area contributed by atoms with Crippen molar-refractivity contribution >= 4 is 19.4 Å². The van der Waals surface area contributed by atoms with E-state index in [1.165, 1.54) is 27.0 Å². The third kappa shape index (κ3) is 4.67. The summed E-state index contributed by atoms with van der Waals surface area (Å²) in [6.07, 6.45) is 0. The Morgan fingerprint density at radius 2 is 1.38 bits per heavy atom. The van der Waals surface area contributed by atoms with Crippen LogP contribution in [0.3, 0.4) is 0 Å². The molecule has 0 aromatic carbocycles. The Morgan fingerprint density at radius 1 is 0.897 bits per heavy atom. The van der Waals surface area contributed by atoms with Gasteiger partial charge in [0.1, 0.15) is 18.1 Å². The van der Waals surface area contributed by atoms with Gasteiger partial charge in [0.15, 0.2) is 5.78 Å². The van der Waals surface area contributed by atoms with Gasteiger partial charge in [-0.1, -0.05) is 0 Å². The van der Waals surface area contributed by atoms with E-state index in [2.05, 4.69) is 4.52 Å². The molecule has 1 aliphatic rings. The van der Waals surface area contributed by atoms with E-state index in [4.69, 9.17) is 0 Å². The summed E-state index contributed by atoms with van der Waals surface area (Å²) >= 11 is 0. The first-order valence-electron chi connectivity index (χ1n) is 7.65. The number of carbonyl (C=O) groups excluding carboxylic acids is 2. The SMILES string of the molecule is Cc1cc(=O)n(C)c2c1C(=O)c1c(C)cc(=O)n(COP(=O)([O-])[O-])c1C2=O.[Na+].[Na+]. The monoisotopic (exact) mass is 438 g/mol. The van der Waals surface area contributed by atoms with Crippen LogP contribution in [-0.2, 0) is 22.9 Å². The largest absolute Gasteiger partial charge is 1.00 e. The van der Waals surface area contributed by atoms with Crippen LogP contribution in [0.15, 0.2) is 21.7 Å². The van der Waals surface area contributed by atoms with Gasteiger partial charge in [0, 0.05) is 19.2 Å². The second kappa shape index (κ2) is 9.23. The molecule has 0 aliphatic heterocycles. The molecule has 0 radical (unpaired) electrons. The molecule has 13 heteroatoms. The molecular formula is C16H13N2Na2O8P. The Balaban J connectivity index is 0.00000210. The van der Waals surface area contributed by atoms with Gasteiger partial charge in [0.05, 0.1) is 18.9 Å². The van der Waals surface area contributed by atoms with Crippen LogP contribution in [-0.4, -0.2) is 20.7 Å². The second-order valence-corrected chi connectivity index (χ2v) is 7.28. The number of phosphoric ester groups is 1. The normalized spacial score (nSPS) is 12.6. The third-order valence-electron chi connectivity index (χ3n) is 4.37. The molecule has 0 fully saturated rings. The number of aromatic nitrogens is 2. The van der Waals surface area contributed by atoms with E-state index in [9.17, 15) is 33.5 Å². The van der Waals surface area contributed by atoms with Crippen molar-refractivity contribution in [3.05, 3.63) is 66.5 Å². The van der Waals surface area contributed by atoms with Gasteiger partial charge >= 0.3 is 59.1 Å². The van der Waals surface area contributed by atoms with Crippen molar-refractivity contribution in [1.29, 1.82) is 0 Å². The van der Waals surface area contributed by atoms with E-state index in [0.29, 0.717) is 10.1 Å². The van der Waals surface area contributed by atoms with Crippen LogP contribution in [0.25, 0.3) is 0 Å². The van der Waals surface area contributed by atoms with Gasteiger partial charge in [-0.05, 0) is 25.0 Å². The number of hydrogen-bond acceptors (Lipinski definition) is 8. The molecule has 1 aliphatic carbocycles. The predicted octanol–water partition coefficient (Wildman–Crippen LogP) is -7.25. The molecule has 0 saturated carbocycles. The summed E-state index contributed by atoms with van der Waals surface area (Å²) in [5.41, 5.74) is -1.58. The maximum Gasteiger partial charge on any atom is 1.00 e. The van der Waals surface area contributed by atoms with E-state index in [1.54, 1.807) is 0 Å². The van der Waals surface area contributed by atoms with Gasteiger partial charge in [-0.3, -0.25) is 23.7 Å².